The van der Waals surface area contributed by atoms with Crippen LogP contribution in [-0.4, -0.2) is 23.2 Å². The number of aromatic nitrogens is 1. The number of fused-ring (bicyclic) bond motifs is 1. The number of carboxylic acid groups (broad SMARTS) is 1. The van der Waals surface area contributed by atoms with E-state index < -0.39 is 29.6 Å². The molecule has 0 spiro atoms. The fourth-order valence-electron chi connectivity index (χ4n) is 5.30. The van der Waals surface area contributed by atoms with Gasteiger partial charge in [0.2, 0.25) is 0 Å². The van der Waals surface area contributed by atoms with Crippen molar-refractivity contribution in [2.45, 2.75) is 51.6 Å². The van der Waals surface area contributed by atoms with Gasteiger partial charge < -0.3 is 14.6 Å². The Morgan fingerprint density at radius 1 is 1.08 bits per heavy atom. The van der Waals surface area contributed by atoms with Gasteiger partial charge in [-0.2, -0.15) is 0 Å². The largest absolute Gasteiger partial charge is 0.497 e. The Morgan fingerprint density at radius 3 is 2.56 bits per heavy atom. The molecule has 0 saturated heterocycles. The number of rotatable bonds is 7. The number of ether oxygens (including phenoxy) is 2. The topological polar surface area (TPSA) is 68.7 Å². The molecule has 2 unspecified atom stereocenters. The van der Waals surface area contributed by atoms with Crippen LogP contribution in [0.1, 0.15) is 60.7 Å². The lowest BCUT2D eigenvalue weighted by Crippen LogP contribution is -2.22. The van der Waals surface area contributed by atoms with Crippen LogP contribution in [-0.2, 0) is 11.2 Å². The van der Waals surface area contributed by atoms with E-state index in [1.165, 1.54) is 31.4 Å². The van der Waals surface area contributed by atoms with Crippen LogP contribution in [0.5, 0.6) is 11.5 Å². The summed E-state index contributed by atoms with van der Waals surface area (Å²) in [7, 11) is 1.49. The zero-order valence-electron chi connectivity index (χ0n) is 20.6. The zero-order valence-corrected chi connectivity index (χ0v) is 20.6. The van der Waals surface area contributed by atoms with Crippen molar-refractivity contribution in [3.05, 3.63) is 76.6 Å². The van der Waals surface area contributed by atoms with Crippen molar-refractivity contribution in [3.8, 4) is 22.6 Å². The molecule has 0 radical (unpaired) electrons. The summed E-state index contributed by atoms with van der Waals surface area (Å²) in [6, 6.07) is 11.6. The summed E-state index contributed by atoms with van der Waals surface area (Å²) in [5.74, 6) is -0.944. The highest BCUT2D eigenvalue weighted by atomic mass is 19.1. The van der Waals surface area contributed by atoms with Gasteiger partial charge in [0.15, 0.2) is 0 Å². The molecule has 188 valence electrons. The van der Waals surface area contributed by atoms with Crippen molar-refractivity contribution in [2.24, 2.45) is 11.8 Å². The molecule has 1 saturated carbocycles. The van der Waals surface area contributed by atoms with Crippen LogP contribution in [0.4, 0.5) is 8.78 Å². The summed E-state index contributed by atoms with van der Waals surface area (Å²) in [6.45, 7) is 3.48. The first kappa shape index (κ1) is 24.2. The minimum atomic E-state index is -0.808. The Morgan fingerprint density at radius 2 is 1.86 bits per heavy atom. The number of nitrogens with zero attached hydrogens (tertiary/aromatic N) is 1. The molecule has 7 heteroatoms. The number of methoxy groups -OCH3 is 1. The van der Waals surface area contributed by atoms with Gasteiger partial charge in [0.25, 0.3) is 0 Å². The van der Waals surface area contributed by atoms with E-state index in [4.69, 9.17) is 9.47 Å². The van der Waals surface area contributed by atoms with E-state index in [0.29, 0.717) is 41.5 Å². The average Bonchev–Trinajstić information content (AvgIpc) is 3.70. The molecule has 2 aliphatic rings. The molecule has 3 atom stereocenters. The molecule has 2 heterocycles. The van der Waals surface area contributed by atoms with Crippen molar-refractivity contribution in [3.63, 3.8) is 0 Å². The number of hydrogen-bond acceptors (Lipinski definition) is 4. The standard InChI is InChI=1S/C29H29F2NO4/c1-15(29(33)34)27(18-5-6-18)19-7-4-17-8-11-25(36-26(17)12-19)28-24(31)14-21(16(2)32-28)22-13-20(35-3)9-10-23(22)30/h4,7,9-10,12-15,18,25,27H,5-6,8,11H2,1-3H3,(H,33,34)/t15-,25?,27?/m0/s1. The van der Waals surface area contributed by atoms with E-state index >= 15 is 4.39 Å². The van der Waals surface area contributed by atoms with Gasteiger partial charge in [-0.1, -0.05) is 19.1 Å². The van der Waals surface area contributed by atoms with E-state index in [9.17, 15) is 14.3 Å². The number of halogens is 2. The minimum Gasteiger partial charge on any atom is -0.497 e. The van der Waals surface area contributed by atoms with Crippen molar-refractivity contribution in [1.29, 1.82) is 0 Å². The van der Waals surface area contributed by atoms with Gasteiger partial charge in [-0.15, -0.1) is 0 Å². The predicted octanol–water partition coefficient (Wildman–Crippen LogP) is 6.62. The zero-order chi connectivity index (χ0) is 25.6. The molecule has 1 N–H and O–H groups in total. The second-order valence-electron chi connectivity index (χ2n) is 9.84. The highest BCUT2D eigenvalue weighted by molar-refractivity contribution is 5.71. The summed E-state index contributed by atoms with van der Waals surface area (Å²) in [5.41, 5.74) is 3.23. The summed E-state index contributed by atoms with van der Waals surface area (Å²) in [4.78, 5) is 16.2. The fourth-order valence-corrected chi connectivity index (χ4v) is 5.30. The van der Waals surface area contributed by atoms with Crippen molar-refractivity contribution in [1.82, 2.24) is 4.98 Å². The van der Waals surface area contributed by atoms with Crippen LogP contribution in [0.15, 0.2) is 42.5 Å². The van der Waals surface area contributed by atoms with Gasteiger partial charge in [0.05, 0.1) is 13.0 Å². The van der Waals surface area contributed by atoms with E-state index in [1.54, 1.807) is 13.8 Å². The van der Waals surface area contributed by atoms with Gasteiger partial charge in [-0.25, -0.2) is 8.78 Å². The normalized spacial score (nSPS) is 18.6. The molecule has 3 aromatic rings. The van der Waals surface area contributed by atoms with Crippen LogP contribution in [0, 0.1) is 30.4 Å². The third-order valence-corrected chi connectivity index (χ3v) is 7.44. The van der Waals surface area contributed by atoms with E-state index in [0.717, 1.165) is 24.0 Å². The number of carboxylic acids is 1. The maximum atomic E-state index is 15.3. The Bertz CT molecular complexity index is 1320. The van der Waals surface area contributed by atoms with Crippen molar-refractivity contribution >= 4 is 5.97 Å². The molecule has 5 rings (SSSR count). The molecule has 5 nitrogen and oxygen atoms in total. The third kappa shape index (κ3) is 4.54. The molecule has 0 bridgehead atoms. The van der Waals surface area contributed by atoms with E-state index in [-0.39, 0.29) is 17.2 Å². The van der Waals surface area contributed by atoms with Crippen molar-refractivity contribution < 1.29 is 28.2 Å². The molecule has 1 aliphatic heterocycles. The van der Waals surface area contributed by atoms with Crippen LogP contribution in [0.25, 0.3) is 11.1 Å². The quantitative estimate of drug-likeness (QED) is 0.400. The average molecular weight is 494 g/mol. The maximum Gasteiger partial charge on any atom is 0.306 e. The molecular weight excluding hydrogens is 464 g/mol. The van der Waals surface area contributed by atoms with Gasteiger partial charge >= 0.3 is 5.97 Å². The molecule has 36 heavy (non-hydrogen) atoms. The third-order valence-electron chi connectivity index (χ3n) is 7.44. The predicted molar refractivity (Wildman–Crippen MR) is 131 cm³/mol. The number of pyridine rings is 1. The van der Waals surface area contributed by atoms with Crippen molar-refractivity contribution in [2.75, 3.05) is 7.11 Å². The fraction of sp³-hybridized carbons (Fsp3) is 0.379. The number of hydrogen-bond donors (Lipinski definition) is 1. The number of carbonyl (C=O) groups is 1. The van der Waals surface area contributed by atoms with Crippen LogP contribution in [0.3, 0.4) is 0 Å². The highest BCUT2D eigenvalue weighted by Crippen LogP contribution is 2.48. The first-order valence-corrected chi connectivity index (χ1v) is 12.3. The number of benzene rings is 2. The van der Waals surface area contributed by atoms with Crippen LogP contribution in [0.2, 0.25) is 0 Å². The molecule has 1 aromatic heterocycles. The second kappa shape index (κ2) is 9.52. The van der Waals surface area contributed by atoms with Gasteiger partial charge in [0, 0.05) is 16.8 Å². The maximum absolute atomic E-state index is 15.3. The highest BCUT2D eigenvalue weighted by Gasteiger charge is 2.39. The summed E-state index contributed by atoms with van der Waals surface area (Å²) < 4.78 is 41.3. The monoisotopic (exact) mass is 493 g/mol. The van der Waals surface area contributed by atoms with Crippen LogP contribution < -0.4 is 9.47 Å². The molecule has 0 amide bonds. The Labute approximate surface area is 209 Å². The first-order valence-electron chi connectivity index (χ1n) is 12.3. The Hall–Kier alpha value is -3.48. The van der Waals surface area contributed by atoms with E-state index in [1.807, 2.05) is 18.2 Å². The van der Waals surface area contributed by atoms with Gasteiger partial charge in [-0.05, 0) is 85.9 Å². The second-order valence-corrected chi connectivity index (χ2v) is 9.84. The summed E-state index contributed by atoms with van der Waals surface area (Å²) in [5, 5.41) is 9.62. The SMILES string of the molecule is COc1ccc(F)c(-c2cc(F)c(C3CCc4ccc(C(C5CC5)[C@H](C)C(=O)O)cc4O3)nc2C)c1. The molecule has 1 aliphatic carbocycles. The Balaban J connectivity index is 1.45. The summed E-state index contributed by atoms with van der Waals surface area (Å²) >= 11 is 0. The lowest BCUT2D eigenvalue weighted by molar-refractivity contribution is -0.142. The molecule has 1 fully saturated rings. The van der Waals surface area contributed by atoms with Crippen LogP contribution >= 0.6 is 0 Å². The van der Waals surface area contributed by atoms with E-state index in [2.05, 4.69) is 4.98 Å². The minimum absolute atomic E-state index is 0.0778. The summed E-state index contributed by atoms with van der Waals surface area (Å²) in [6.07, 6.45) is 2.71. The lowest BCUT2D eigenvalue weighted by atomic mass is 9.82. The van der Waals surface area contributed by atoms with Gasteiger partial charge in [-0.3, -0.25) is 9.78 Å². The lowest BCUT2D eigenvalue weighted by Gasteiger charge is -2.28. The smallest absolute Gasteiger partial charge is 0.306 e. The van der Waals surface area contributed by atoms with Gasteiger partial charge in [0.1, 0.15) is 34.9 Å². The first-order chi connectivity index (χ1) is 17.3. The molecule has 2 aromatic carbocycles. The molecular formula is C29H29F2NO4. The number of aliphatic carboxylic acids is 1. The number of aryl methyl sites for hydroxylation is 2. The Kier molecular flexibility index (Phi) is 6.41.